The van der Waals surface area contributed by atoms with Crippen LogP contribution in [0, 0.1) is 46.8 Å². The predicted octanol–water partition coefficient (Wildman–Crippen LogP) is 3.74. The molecule has 2 N–H and O–H groups in total. The number of likely N-dealkylation sites (tertiary alicyclic amines) is 2. The van der Waals surface area contributed by atoms with Gasteiger partial charge in [0.2, 0.25) is 5.91 Å². The average Bonchev–Trinajstić information content (AvgIpc) is 3.62. The number of hydrogen-bond acceptors (Lipinski definition) is 6. The lowest BCUT2D eigenvalue weighted by Crippen LogP contribution is -2.62. The van der Waals surface area contributed by atoms with Crippen molar-refractivity contribution in [3.63, 3.8) is 0 Å². The minimum Gasteiger partial charge on any atom is -0.339 e. The molecule has 3 saturated heterocycles. The number of rotatable bonds is 6. The Morgan fingerprint density at radius 1 is 1.05 bits per heavy atom. The molecular weight excluding hydrogens is 538 g/mol. The molecule has 9 atom stereocenters. The Morgan fingerprint density at radius 2 is 1.80 bits per heavy atom. The fourth-order valence-electron chi connectivity index (χ4n) is 8.15. The summed E-state index contributed by atoms with van der Waals surface area (Å²) in [6.45, 7) is 2.62. The van der Waals surface area contributed by atoms with E-state index in [4.69, 9.17) is 0 Å². The molecule has 7 unspecified atom stereocenters. The molecule has 1 amide bonds. The zero-order valence-corrected chi connectivity index (χ0v) is 23.1. The number of fused-ring (bicyclic) bond motifs is 1. The second-order valence-electron chi connectivity index (χ2n) is 13.0. The maximum atomic E-state index is 16.0. The van der Waals surface area contributed by atoms with Gasteiger partial charge in [-0.15, -0.1) is 0 Å². The van der Waals surface area contributed by atoms with Crippen LogP contribution in [0.5, 0.6) is 0 Å². The highest BCUT2D eigenvalue weighted by molar-refractivity contribution is 5.82. The van der Waals surface area contributed by atoms with Gasteiger partial charge in [0, 0.05) is 37.5 Å². The fourth-order valence-corrected chi connectivity index (χ4v) is 8.15. The summed E-state index contributed by atoms with van der Waals surface area (Å²) in [5, 5.41) is 9.18. The summed E-state index contributed by atoms with van der Waals surface area (Å²) in [5.74, 6) is -8.84. The van der Waals surface area contributed by atoms with E-state index >= 15 is 13.2 Å². The number of nitrogens with one attached hydrogen (secondary N) is 2. The summed E-state index contributed by atoms with van der Waals surface area (Å²) in [5.41, 5.74) is 2.18. The van der Waals surface area contributed by atoms with Gasteiger partial charge in [-0.1, -0.05) is 6.42 Å². The van der Waals surface area contributed by atoms with Gasteiger partial charge in [0.15, 0.2) is 5.67 Å². The molecule has 2 aliphatic carbocycles. The SMILES string of the molecule is CN1CNNC1C(F)(F)[C@](C)(F)C1CCCC(N2CC3C(CC(CN4CC[C@@H](C#N)C4)CC3C(F)(F)F)C2=O)C1. The van der Waals surface area contributed by atoms with E-state index in [1.165, 1.54) is 16.8 Å². The fraction of sp³-hybridized carbons (Fsp3) is 0.926. The molecule has 13 heteroatoms. The highest BCUT2D eigenvalue weighted by Gasteiger charge is 2.63. The number of nitrogens with zero attached hydrogens (tertiary/aromatic N) is 4. The van der Waals surface area contributed by atoms with Crippen molar-refractivity contribution in [2.24, 2.45) is 35.5 Å². The third-order valence-electron chi connectivity index (χ3n) is 10.5. The van der Waals surface area contributed by atoms with E-state index in [1.807, 2.05) is 4.90 Å². The van der Waals surface area contributed by atoms with E-state index in [1.54, 1.807) is 0 Å². The number of carbonyl (C=O) groups excluding carboxylic acids is 1. The number of alkyl halides is 6. The Labute approximate surface area is 231 Å². The lowest BCUT2D eigenvalue weighted by Gasteiger charge is -2.45. The first-order chi connectivity index (χ1) is 18.7. The van der Waals surface area contributed by atoms with Gasteiger partial charge in [-0.2, -0.15) is 27.2 Å². The van der Waals surface area contributed by atoms with E-state index in [2.05, 4.69) is 16.9 Å². The van der Waals surface area contributed by atoms with E-state index in [9.17, 15) is 23.2 Å². The maximum absolute atomic E-state index is 16.0. The van der Waals surface area contributed by atoms with E-state index in [0.29, 0.717) is 45.3 Å². The standard InChI is InChI=1S/C27H40F6N6O/c1-25(28,26(29,30)24-36-35-15-37(24)2)18-4-3-5-19(10-18)39-14-21-20(23(39)40)8-17(9-22(21)27(31,32)33)13-38-7-6-16(11-34)12-38/h16-22,24,35-36H,3-10,12-15H2,1-2H3/t16-,17?,18?,19?,20?,21?,22?,24?,25+/m0/s1. The number of amides is 1. The number of nitriles is 1. The van der Waals surface area contributed by atoms with Crippen LogP contribution in [0.25, 0.3) is 0 Å². The summed E-state index contributed by atoms with van der Waals surface area (Å²) >= 11 is 0. The molecule has 7 nitrogen and oxygen atoms in total. The summed E-state index contributed by atoms with van der Waals surface area (Å²) in [6, 6.07) is 1.67. The van der Waals surface area contributed by atoms with Gasteiger partial charge in [0.25, 0.3) is 0 Å². The van der Waals surface area contributed by atoms with Gasteiger partial charge in [-0.05, 0) is 70.9 Å². The summed E-state index contributed by atoms with van der Waals surface area (Å²) in [7, 11) is 1.46. The Hall–Kier alpha value is -1.62. The Balaban J connectivity index is 1.30. The minimum atomic E-state index is -4.46. The molecule has 226 valence electrons. The number of halogens is 6. The smallest absolute Gasteiger partial charge is 0.339 e. The largest absolute Gasteiger partial charge is 0.392 e. The van der Waals surface area contributed by atoms with Crippen LogP contribution < -0.4 is 10.9 Å². The maximum Gasteiger partial charge on any atom is 0.392 e. The number of carbonyl (C=O) groups is 1. The highest BCUT2D eigenvalue weighted by atomic mass is 19.4. The first-order valence-corrected chi connectivity index (χ1v) is 14.5. The minimum absolute atomic E-state index is 0.00106. The molecule has 2 saturated carbocycles. The van der Waals surface area contributed by atoms with Crippen LogP contribution in [0.3, 0.4) is 0 Å². The van der Waals surface area contributed by atoms with Crippen LogP contribution in [-0.2, 0) is 4.79 Å². The van der Waals surface area contributed by atoms with Gasteiger partial charge in [0.1, 0.15) is 6.17 Å². The first kappa shape index (κ1) is 29.9. The molecule has 3 heterocycles. The Morgan fingerprint density at radius 3 is 2.42 bits per heavy atom. The van der Waals surface area contributed by atoms with Crippen molar-refractivity contribution in [2.45, 2.75) is 81.8 Å². The number of hydrazine groups is 1. The molecular formula is C27H40F6N6O. The van der Waals surface area contributed by atoms with Gasteiger partial charge < -0.3 is 9.80 Å². The molecule has 0 spiro atoms. The molecule has 5 fully saturated rings. The van der Waals surface area contributed by atoms with Crippen molar-refractivity contribution >= 4 is 5.91 Å². The van der Waals surface area contributed by atoms with Crippen LogP contribution >= 0.6 is 0 Å². The molecule has 40 heavy (non-hydrogen) atoms. The van der Waals surface area contributed by atoms with Crippen molar-refractivity contribution < 1.29 is 31.1 Å². The Bertz CT molecular complexity index is 988. The van der Waals surface area contributed by atoms with Crippen LogP contribution in [0.15, 0.2) is 0 Å². The van der Waals surface area contributed by atoms with Crippen LogP contribution in [0.2, 0.25) is 0 Å². The molecule has 0 bridgehead atoms. The van der Waals surface area contributed by atoms with Crippen LogP contribution in [-0.4, -0.2) is 90.5 Å². The molecule has 3 aliphatic heterocycles. The highest BCUT2D eigenvalue weighted by Crippen LogP contribution is 2.52. The lowest BCUT2D eigenvalue weighted by molar-refractivity contribution is -0.204. The monoisotopic (exact) mass is 578 g/mol. The molecule has 5 rings (SSSR count). The van der Waals surface area contributed by atoms with Gasteiger partial charge in [-0.25, -0.2) is 15.2 Å². The predicted molar refractivity (Wildman–Crippen MR) is 134 cm³/mol. The van der Waals surface area contributed by atoms with Gasteiger partial charge in [0.05, 0.1) is 24.6 Å². The van der Waals surface area contributed by atoms with E-state index in [-0.39, 0.29) is 50.2 Å². The molecule has 0 aromatic heterocycles. The molecule has 5 aliphatic rings. The van der Waals surface area contributed by atoms with Crippen molar-refractivity contribution in [2.75, 3.05) is 39.9 Å². The molecule has 0 aromatic rings. The lowest BCUT2D eigenvalue weighted by atomic mass is 9.68. The molecule has 0 aromatic carbocycles. The first-order valence-electron chi connectivity index (χ1n) is 14.5. The summed E-state index contributed by atoms with van der Waals surface area (Å²) in [6.07, 6.45) is -3.88. The van der Waals surface area contributed by atoms with Gasteiger partial charge >= 0.3 is 12.1 Å². The normalized spacial score (nSPS) is 39.8. The van der Waals surface area contributed by atoms with Crippen molar-refractivity contribution in [3.05, 3.63) is 0 Å². The second kappa shape index (κ2) is 10.9. The zero-order valence-electron chi connectivity index (χ0n) is 23.1. The van der Waals surface area contributed by atoms with E-state index in [0.717, 1.165) is 6.92 Å². The topological polar surface area (TPSA) is 74.6 Å². The number of hydrogen-bond donors (Lipinski definition) is 2. The quantitative estimate of drug-likeness (QED) is 0.468. The van der Waals surface area contributed by atoms with E-state index < -0.39 is 53.6 Å². The van der Waals surface area contributed by atoms with Crippen molar-refractivity contribution in [1.82, 2.24) is 25.6 Å². The summed E-state index contributed by atoms with van der Waals surface area (Å²) in [4.78, 5) is 18.4. The van der Waals surface area contributed by atoms with Crippen LogP contribution in [0.4, 0.5) is 26.3 Å². The third-order valence-corrected chi connectivity index (χ3v) is 10.5. The molecule has 0 radical (unpaired) electrons. The average molecular weight is 579 g/mol. The third kappa shape index (κ3) is 5.34. The van der Waals surface area contributed by atoms with Gasteiger partial charge in [-0.3, -0.25) is 9.69 Å². The van der Waals surface area contributed by atoms with Crippen molar-refractivity contribution in [1.29, 1.82) is 5.26 Å². The van der Waals surface area contributed by atoms with Crippen LogP contribution in [0.1, 0.15) is 51.9 Å². The van der Waals surface area contributed by atoms with Crippen molar-refractivity contribution in [3.8, 4) is 6.07 Å². The second-order valence-corrected chi connectivity index (χ2v) is 13.0. The Kier molecular flexibility index (Phi) is 8.13. The zero-order chi connectivity index (χ0) is 29.0. The summed E-state index contributed by atoms with van der Waals surface area (Å²) < 4.78 is 89.8.